The quantitative estimate of drug-likeness (QED) is 0.500. The number of nitrogens with zero attached hydrogens (tertiary/aromatic N) is 3. The number of hydrogen-bond acceptors (Lipinski definition) is 3. The molecule has 2 N–H and O–H groups in total. The Labute approximate surface area is 101 Å². The Bertz CT molecular complexity index is 443. The first-order valence-corrected chi connectivity index (χ1v) is 5.04. The summed E-state index contributed by atoms with van der Waals surface area (Å²) in [6.07, 6.45) is -4.38. The Kier molecular flexibility index (Phi) is 4.82. The third kappa shape index (κ3) is 4.94. The fourth-order valence-corrected chi connectivity index (χ4v) is 1.35. The normalized spacial score (nSPS) is 12.7. The van der Waals surface area contributed by atoms with Gasteiger partial charge in [-0.1, -0.05) is 17.2 Å². The maximum atomic E-state index is 12.0. The van der Waals surface area contributed by atoms with Crippen molar-refractivity contribution in [1.82, 2.24) is 0 Å². The van der Waals surface area contributed by atoms with Crippen molar-refractivity contribution < 1.29 is 17.9 Å². The van der Waals surface area contributed by atoms with Crippen LogP contribution in [0, 0.1) is 0 Å². The summed E-state index contributed by atoms with van der Waals surface area (Å²) in [5.41, 5.74) is 14.3. The standard InChI is InChI=1S/C10H11F3N4O/c11-10(12,13)18-8-3-1-2-7(6-8)9(14)4-5-16-17-15/h1-3,6,9H,4-5,14H2. The summed E-state index contributed by atoms with van der Waals surface area (Å²) in [7, 11) is 0. The highest BCUT2D eigenvalue weighted by Gasteiger charge is 2.31. The number of hydrogen-bond donors (Lipinski definition) is 1. The second-order valence-electron chi connectivity index (χ2n) is 3.47. The average molecular weight is 260 g/mol. The molecule has 0 heterocycles. The van der Waals surface area contributed by atoms with Gasteiger partial charge in [0.15, 0.2) is 0 Å². The molecular weight excluding hydrogens is 249 g/mol. The molecule has 5 nitrogen and oxygen atoms in total. The summed E-state index contributed by atoms with van der Waals surface area (Å²) in [5.74, 6) is -0.320. The lowest BCUT2D eigenvalue weighted by molar-refractivity contribution is -0.274. The van der Waals surface area contributed by atoms with Gasteiger partial charge in [-0.3, -0.25) is 0 Å². The molecule has 1 rings (SSSR count). The number of azide groups is 1. The van der Waals surface area contributed by atoms with Crippen LogP contribution in [-0.4, -0.2) is 12.9 Å². The van der Waals surface area contributed by atoms with E-state index in [1.165, 1.54) is 18.2 Å². The maximum absolute atomic E-state index is 12.0. The van der Waals surface area contributed by atoms with Crippen molar-refractivity contribution in [3.8, 4) is 5.75 Å². The summed E-state index contributed by atoms with van der Waals surface area (Å²) < 4.78 is 39.8. The van der Waals surface area contributed by atoms with Crippen LogP contribution in [0.4, 0.5) is 13.2 Å². The van der Waals surface area contributed by atoms with Gasteiger partial charge in [-0.15, -0.1) is 13.2 Å². The minimum atomic E-state index is -4.73. The Hall–Kier alpha value is -1.92. The zero-order valence-electron chi connectivity index (χ0n) is 9.26. The predicted octanol–water partition coefficient (Wildman–Crippen LogP) is 3.29. The molecule has 1 aromatic carbocycles. The molecular formula is C10H11F3N4O. The number of ether oxygens (including phenoxy) is 1. The third-order valence-electron chi connectivity index (χ3n) is 2.12. The van der Waals surface area contributed by atoms with E-state index in [1.807, 2.05) is 0 Å². The molecule has 0 amide bonds. The van der Waals surface area contributed by atoms with Gasteiger partial charge in [0, 0.05) is 17.5 Å². The molecule has 98 valence electrons. The van der Waals surface area contributed by atoms with E-state index < -0.39 is 12.4 Å². The lowest BCUT2D eigenvalue weighted by Crippen LogP contribution is -2.18. The first-order chi connectivity index (χ1) is 8.42. The number of nitrogens with two attached hydrogens (primary N) is 1. The lowest BCUT2D eigenvalue weighted by atomic mass is 10.0. The number of benzene rings is 1. The van der Waals surface area contributed by atoms with E-state index in [9.17, 15) is 13.2 Å². The fourth-order valence-electron chi connectivity index (χ4n) is 1.35. The van der Waals surface area contributed by atoms with Gasteiger partial charge in [0.25, 0.3) is 0 Å². The average Bonchev–Trinajstić information content (AvgIpc) is 2.27. The lowest BCUT2D eigenvalue weighted by Gasteiger charge is -2.13. The van der Waals surface area contributed by atoms with Gasteiger partial charge in [0.1, 0.15) is 5.75 Å². The van der Waals surface area contributed by atoms with Crippen molar-refractivity contribution in [2.24, 2.45) is 10.8 Å². The molecule has 0 spiro atoms. The van der Waals surface area contributed by atoms with Crippen LogP contribution in [0.1, 0.15) is 18.0 Å². The van der Waals surface area contributed by atoms with E-state index in [-0.39, 0.29) is 12.3 Å². The van der Waals surface area contributed by atoms with Gasteiger partial charge in [0.2, 0.25) is 0 Å². The summed E-state index contributed by atoms with van der Waals surface area (Å²) in [5, 5.41) is 3.31. The maximum Gasteiger partial charge on any atom is 0.573 e. The minimum Gasteiger partial charge on any atom is -0.406 e. The van der Waals surface area contributed by atoms with E-state index in [4.69, 9.17) is 11.3 Å². The molecule has 0 aliphatic carbocycles. The van der Waals surface area contributed by atoms with E-state index in [1.54, 1.807) is 6.07 Å². The topological polar surface area (TPSA) is 84.0 Å². The van der Waals surface area contributed by atoms with Crippen molar-refractivity contribution in [2.45, 2.75) is 18.8 Å². The molecule has 18 heavy (non-hydrogen) atoms. The molecule has 0 aliphatic heterocycles. The zero-order valence-corrected chi connectivity index (χ0v) is 9.26. The predicted molar refractivity (Wildman–Crippen MR) is 58.7 cm³/mol. The van der Waals surface area contributed by atoms with E-state index in [0.29, 0.717) is 12.0 Å². The van der Waals surface area contributed by atoms with Crippen LogP contribution in [0.3, 0.4) is 0 Å². The van der Waals surface area contributed by atoms with E-state index in [0.717, 1.165) is 0 Å². The van der Waals surface area contributed by atoms with Gasteiger partial charge in [-0.2, -0.15) is 0 Å². The number of alkyl halides is 3. The first-order valence-electron chi connectivity index (χ1n) is 5.04. The summed E-state index contributed by atoms with van der Waals surface area (Å²) >= 11 is 0. The van der Waals surface area contributed by atoms with Crippen molar-refractivity contribution in [2.75, 3.05) is 6.54 Å². The Morgan fingerprint density at radius 3 is 2.78 bits per heavy atom. The molecule has 1 atom stereocenters. The third-order valence-corrected chi connectivity index (χ3v) is 2.12. The SMILES string of the molecule is [N-]=[N+]=NCCC(N)c1cccc(OC(F)(F)F)c1. The minimum absolute atomic E-state index is 0.183. The summed E-state index contributed by atoms with van der Waals surface area (Å²) in [6.45, 7) is 0.183. The highest BCUT2D eigenvalue weighted by Crippen LogP contribution is 2.25. The largest absolute Gasteiger partial charge is 0.573 e. The molecule has 8 heteroatoms. The molecule has 0 saturated carbocycles. The van der Waals surface area contributed by atoms with Crippen molar-refractivity contribution in [3.05, 3.63) is 40.3 Å². The van der Waals surface area contributed by atoms with Crippen LogP contribution in [0.15, 0.2) is 29.4 Å². The molecule has 1 unspecified atom stereocenters. The smallest absolute Gasteiger partial charge is 0.406 e. The van der Waals surface area contributed by atoms with Crippen LogP contribution in [0.25, 0.3) is 10.4 Å². The van der Waals surface area contributed by atoms with Crippen molar-refractivity contribution in [1.29, 1.82) is 0 Å². The van der Waals surface area contributed by atoms with Gasteiger partial charge in [-0.05, 0) is 29.6 Å². The summed E-state index contributed by atoms with van der Waals surface area (Å²) in [4.78, 5) is 2.56. The van der Waals surface area contributed by atoms with Crippen LogP contribution >= 0.6 is 0 Å². The van der Waals surface area contributed by atoms with Crippen molar-refractivity contribution >= 4 is 0 Å². The van der Waals surface area contributed by atoms with E-state index in [2.05, 4.69) is 14.8 Å². The molecule has 0 bridgehead atoms. The Morgan fingerprint density at radius 1 is 1.44 bits per heavy atom. The Morgan fingerprint density at radius 2 is 2.17 bits per heavy atom. The van der Waals surface area contributed by atoms with Crippen LogP contribution in [0.5, 0.6) is 5.75 Å². The highest BCUT2D eigenvalue weighted by molar-refractivity contribution is 5.30. The number of rotatable bonds is 5. The zero-order chi connectivity index (χ0) is 13.6. The number of halogens is 3. The van der Waals surface area contributed by atoms with Crippen LogP contribution in [-0.2, 0) is 0 Å². The second kappa shape index (κ2) is 6.13. The molecule has 0 aromatic heterocycles. The van der Waals surface area contributed by atoms with Gasteiger partial charge in [-0.25, -0.2) is 0 Å². The molecule has 0 fully saturated rings. The van der Waals surface area contributed by atoms with Crippen LogP contribution < -0.4 is 10.5 Å². The van der Waals surface area contributed by atoms with Crippen molar-refractivity contribution in [3.63, 3.8) is 0 Å². The van der Waals surface area contributed by atoms with Gasteiger partial charge >= 0.3 is 6.36 Å². The molecule has 0 aliphatic rings. The van der Waals surface area contributed by atoms with Gasteiger partial charge in [0.05, 0.1) is 0 Å². The van der Waals surface area contributed by atoms with Crippen LogP contribution in [0.2, 0.25) is 0 Å². The first kappa shape index (κ1) is 14.1. The molecule has 0 saturated heterocycles. The second-order valence-corrected chi connectivity index (χ2v) is 3.47. The summed E-state index contributed by atoms with van der Waals surface area (Å²) in [6, 6.07) is 4.91. The fraction of sp³-hybridized carbons (Fsp3) is 0.400. The molecule has 0 radical (unpaired) electrons. The molecule has 1 aromatic rings. The van der Waals surface area contributed by atoms with Gasteiger partial charge < -0.3 is 10.5 Å². The Balaban J connectivity index is 2.72. The monoisotopic (exact) mass is 260 g/mol. The highest BCUT2D eigenvalue weighted by atomic mass is 19.4. The van der Waals surface area contributed by atoms with E-state index >= 15 is 0 Å².